The second-order valence-electron chi connectivity index (χ2n) is 9.28. The van der Waals surface area contributed by atoms with E-state index in [2.05, 4.69) is 9.30 Å². The first-order valence-electron chi connectivity index (χ1n) is 11.9. The Kier molecular flexibility index (Phi) is 6.13. The first-order chi connectivity index (χ1) is 15.9. The number of amidine groups is 1. The van der Waals surface area contributed by atoms with Gasteiger partial charge in [0.05, 0.1) is 6.54 Å². The van der Waals surface area contributed by atoms with Crippen LogP contribution in [0.25, 0.3) is 0 Å². The number of amides is 2. The SMILES string of the molecule is O=C(CN1CCN(C(=O)[C@@H]2CCCN2C2=NS(=O)(=O)c3ccccc32)CC1)N1CCCCC1. The summed E-state index contributed by atoms with van der Waals surface area (Å²) in [6.45, 7) is 5.27. The van der Waals surface area contributed by atoms with Gasteiger partial charge >= 0.3 is 0 Å². The highest BCUT2D eigenvalue weighted by Crippen LogP contribution is 2.31. The Morgan fingerprint density at radius 1 is 0.879 bits per heavy atom. The number of piperidine rings is 1. The smallest absolute Gasteiger partial charge is 0.285 e. The van der Waals surface area contributed by atoms with Gasteiger partial charge in [-0.15, -0.1) is 4.40 Å². The molecule has 0 saturated carbocycles. The van der Waals surface area contributed by atoms with E-state index in [1.165, 1.54) is 6.42 Å². The van der Waals surface area contributed by atoms with Crippen LogP contribution in [0.3, 0.4) is 0 Å². The second-order valence-corrected chi connectivity index (χ2v) is 10.9. The van der Waals surface area contributed by atoms with E-state index in [9.17, 15) is 18.0 Å². The number of hydrogen-bond donors (Lipinski definition) is 0. The van der Waals surface area contributed by atoms with Gasteiger partial charge in [-0.2, -0.15) is 8.42 Å². The molecule has 0 N–H and O–H groups in total. The number of nitrogens with zero attached hydrogens (tertiary/aromatic N) is 5. The summed E-state index contributed by atoms with van der Waals surface area (Å²) in [4.78, 5) is 34.0. The van der Waals surface area contributed by atoms with Crippen molar-refractivity contribution in [2.45, 2.75) is 43.0 Å². The van der Waals surface area contributed by atoms with Gasteiger partial charge in [-0.3, -0.25) is 14.5 Å². The van der Waals surface area contributed by atoms with Gasteiger partial charge in [-0.05, 0) is 44.2 Å². The molecule has 0 aliphatic carbocycles. The first-order valence-corrected chi connectivity index (χ1v) is 13.4. The van der Waals surface area contributed by atoms with Crippen LogP contribution in [0.1, 0.15) is 37.7 Å². The highest BCUT2D eigenvalue weighted by Gasteiger charge is 2.41. The number of sulfonamides is 1. The Balaban J connectivity index is 1.21. The van der Waals surface area contributed by atoms with Crippen molar-refractivity contribution in [1.82, 2.24) is 19.6 Å². The van der Waals surface area contributed by atoms with Crippen LogP contribution < -0.4 is 0 Å². The van der Waals surface area contributed by atoms with Crippen LogP contribution in [0, 0.1) is 0 Å². The summed E-state index contributed by atoms with van der Waals surface area (Å²) in [5.74, 6) is 0.613. The minimum absolute atomic E-state index is 0.0268. The summed E-state index contributed by atoms with van der Waals surface area (Å²) in [7, 11) is -3.72. The molecule has 0 radical (unpaired) electrons. The van der Waals surface area contributed by atoms with Crippen molar-refractivity contribution in [3.63, 3.8) is 0 Å². The molecule has 0 spiro atoms. The van der Waals surface area contributed by atoms with Gasteiger partial charge in [0.2, 0.25) is 11.8 Å². The zero-order valence-corrected chi connectivity index (χ0v) is 19.7. The minimum Gasteiger partial charge on any atom is -0.343 e. The Morgan fingerprint density at radius 3 is 2.36 bits per heavy atom. The third-order valence-corrected chi connectivity index (χ3v) is 8.50. The number of hydrogen-bond acceptors (Lipinski definition) is 6. The van der Waals surface area contributed by atoms with Crippen LogP contribution in [-0.2, 0) is 19.6 Å². The van der Waals surface area contributed by atoms with E-state index in [0.29, 0.717) is 57.1 Å². The molecule has 9 nitrogen and oxygen atoms in total. The van der Waals surface area contributed by atoms with E-state index < -0.39 is 16.1 Å². The van der Waals surface area contributed by atoms with Gasteiger partial charge in [-0.1, -0.05) is 12.1 Å². The van der Waals surface area contributed by atoms with E-state index in [1.807, 2.05) is 14.7 Å². The van der Waals surface area contributed by atoms with Crippen molar-refractivity contribution in [1.29, 1.82) is 0 Å². The quantitative estimate of drug-likeness (QED) is 0.643. The van der Waals surface area contributed by atoms with E-state index in [1.54, 1.807) is 24.3 Å². The Morgan fingerprint density at radius 2 is 1.61 bits per heavy atom. The average molecular weight is 474 g/mol. The van der Waals surface area contributed by atoms with Crippen molar-refractivity contribution in [3.05, 3.63) is 29.8 Å². The van der Waals surface area contributed by atoms with Gasteiger partial charge in [0, 0.05) is 51.4 Å². The predicted molar refractivity (Wildman–Crippen MR) is 123 cm³/mol. The number of benzene rings is 1. The molecule has 10 heteroatoms. The highest BCUT2D eigenvalue weighted by molar-refractivity contribution is 7.90. The molecule has 3 saturated heterocycles. The van der Waals surface area contributed by atoms with E-state index in [-0.39, 0.29) is 16.7 Å². The molecule has 3 fully saturated rings. The van der Waals surface area contributed by atoms with Gasteiger partial charge in [-0.25, -0.2) is 0 Å². The Bertz CT molecular complexity index is 1060. The lowest BCUT2D eigenvalue weighted by Crippen LogP contribution is -2.55. The maximum absolute atomic E-state index is 13.4. The molecule has 4 aliphatic heterocycles. The molecule has 2 amide bonds. The van der Waals surface area contributed by atoms with Gasteiger partial charge in [0.25, 0.3) is 10.0 Å². The van der Waals surface area contributed by atoms with Crippen molar-refractivity contribution < 1.29 is 18.0 Å². The molecule has 1 aromatic carbocycles. The molecular formula is C23H31N5O4S. The largest absolute Gasteiger partial charge is 0.343 e. The molecular weight excluding hydrogens is 442 g/mol. The highest BCUT2D eigenvalue weighted by atomic mass is 32.2. The van der Waals surface area contributed by atoms with Crippen LogP contribution in [-0.4, -0.2) is 104 Å². The van der Waals surface area contributed by atoms with E-state index in [4.69, 9.17) is 0 Å². The maximum Gasteiger partial charge on any atom is 0.285 e. The Labute approximate surface area is 195 Å². The number of fused-ring (bicyclic) bond motifs is 1. The van der Waals surface area contributed by atoms with Gasteiger partial charge in [0.15, 0.2) is 5.84 Å². The molecule has 1 aromatic rings. The molecule has 5 rings (SSSR count). The third kappa shape index (κ3) is 4.38. The molecule has 0 unspecified atom stereocenters. The van der Waals surface area contributed by atoms with Crippen LogP contribution in [0.5, 0.6) is 0 Å². The van der Waals surface area contributed by atoms with Crippen molar-refractivity contribution in [2.75, 3.05) is 52.4 Å². The van der Waals surface area contributed by atoms with Crippen LogP contribution >= 0.6 is 0 Å². The van der Waals surface area contributed by atoms with Crippen LogP contribution in [0.2, 0.25) is 0 Å². The van der Waals surface area contributed by atoms with Crippen molar-refractivity contribution in [3.8, 4) is 0 Å². The average Bonchev–Trinajstić information content (AvgIpc) is 3.42. The lowest BCUT2D eigenvalue weighted by atomic mass is 10.1. The van der Waals surface area contributed by atoms with Gasteiger partial charge in [0.1, 0.15) is 10.9 Å². The summed E-state index contributed by atoms with van der Waals surface area (Å²) < 4.78 is 29.0. The molecule has 0 aromatic heterocycles. The first kappa shape index (κ1) is 22.3. The number of likely N-dealkylation sites (tertiary alicyclic amines) is 2. The summed E-state index contributed by atoms with van der Waals surface area (Å²) in [6.07, 6.45) is 4.88. The number of rotatable bonds is 3. The summed E-state index contributed by atoms with van der Waals surface area (Å²) in [5, 5.41) is 0. The van der Waals surface area contributed by atoms with E-state index in [0.717, 1.165) is 32.4 Å². The maximum atomic E-state index is 13.4. The van der Waals surface area contributed by atoms with Crippen LogP contribution in [0.15, 0.2) is 33.6 Å². The minimum atomic E-state index is -3.72. The fraction of sp³-hybridized carbons (Fsp3) is 0.609. The van der Waals surface area contributed by atoms with Crippen molar-refractivity contribution in [2.24, 2.45) is 4.40 Å². The molecule has 0 bridgehead atoms. The number of carbonyl (C=O) groups excluding carboxylic acids is 2. The Hall–Kier alpha value is -2.46. The van der Waals surface area contributed by atoms with Crippen molar-refractivity contribution >= 4 is 27.7 Å². The second kappa shape index (κ2) is 9.06. The molecule has 4 heterocycles. The zero-order chi connectivity index (χ0) is 23.0. The molecule has 1 atom stereocenters. The lowest BCUT2D eigenvalue weighted by molar-refractivity contribution is -0.137. The standard InChI is InChI=1S/C23H31N5O4S/c29-21(26-10-4-1-5-11-26)17-25-13-15-27(16-14-25)23(30)19-8-6-12-28(19)22-18-7-2-3-9-20(18)33(31,32)24-22/h2-3,7,9,19H,1,4-6,8,10-17H2/t19-/m0/s1. The van der Waals surface area contributed by atoms with E-state index >= 15 is 0 Å². The lowest BCUT2D eigenvalue weighted by Gasteiger charge is -2.38. The molecule has 33 heavy (non-hydrogen) atoms. The monoisotopic (exact) mass is 473 g/mol. The zero-order valence-electron chi connectivity index (χ0n) is 18.9. The third-order valence-electron chi connectivity index (χ3n) is 7.17. The molecule has 4 aliphatic rings. The fourth-order valence-electron chi connectivity index (χ4n) is 5.34. The summed E-state index contributed by atoms with van der Waals surface area (Å²) in [6, 6.07) is 6.42. The topological polar surface area (TPSA) is 93.6 Å². The summed E-state index contributed by atoms with van der Waals surface area (Å²) >= 11 is 0. The predicted octanol–water partition coefficient (Wildman–Crippen LogP) is 0.757. The van der Waals surface area contributed by atoms with Crippen LogP contribution in [0.4, 0.5) is 0 Å². The van der Waals surface area contributed by atoms with Gasteiger partial charge < -0.3 is 14.7 Å². The summed E-state index contributed by atoms with van der Waals surface area (Å²) in [5.41, 5.74) is 0.582. The fourth-order valence-corrected chi connectivity index (χ4v) is 6.56. The molecule has 178 valence electrons. The number of piperazine rings is 1. The normalized spacial score (nSPS) is 25.2. The number of carbonyl (C=O) groups is 2.